The number of anilines is 1. The van der Waals surface area contributed by atoms with Crippen LogP contribution in [0.1, 0.15) is 6.42 Å². The Hall–Kier alpha value is -1.66. The molecule has 0 fully saturated rings. The van der Waals surface area contributed by atoms with Crippen molar-refractivity contribution in [1.82, 2.24) is 15.1 Å². The van der Waals surface area contributed by atoms with Gasteiger partial charge in [-0.3, -0.25) is 4.68 Å². The summed E-state index contributed by atoms with van der Waals surface area (Å²) in [6.07, 6.45) is 4.25. The van der Waals surface area contributed by atoms with Crippen molar-refractivity contribution in [3.05, 3.63) is 47.5 Å². The standard InChI is InChI=1S/C13H14ClFN4S/c14-10-8-17-19(9-10)7-1-6-16-13(20)18-12-4-2-11(15)3-5-12/h2-5,8-9H,1,6-7H2,(H2,16,18,20). The normalized spacial score (nSPS) is 10.3. The third-order valence-corrected chi connectivity index (χ3v) is 2.99. The lowest BCUT2D eigenvalue weighted by Crippen LogP contribution is -2.29. The first-order chi connectivity index (χ1) is 9.63. The zero-order valence-electron chi connectivity index (χ0n) is 10.6. The minimum Gasteiger partial charge on any atom is -0.362 e. The molecule has 0 saturated heterocycles. The first-order valence-corrected chi connectivity index (χ1v) is 6.90. The van der Waals surface area contributed by atoms with E-state index in [2.05, 4.69) is 15.7 Å². The Kier molecular flexibility index (Phi) is 5.31. The largest absolute Gasteiger partial charge is 0.362 e. The van der Waals surface area contributed by atoms with E-state index in [0.29, 0.717) is 16.7 Å². The quantitative estimate of drug-likeness (QED) is 0.658. The molecule has 0 aliphatic rings. The van der Waals surface area contributed by atoms with Crippen LogP contribution in [0.25, 0.3) is 0 Å². The van der Waals surface area contributed by atoms with Crippen LogP contribution >= 0.6 is 23.8 Å². The second-order valence-corrected chi connectivity index (χ2v) is 5.01. The molecule has 2 aromatic rings. The molecule has 0 spiro atoms. The van der Waals surface area contributed by atoms with Crippen molar-refractivity contribution in [2.75, 3.05) is 11.9 Å². The minimum absolute atomic E-state index is 0.271. The first kappa shape index (κ1) is 14.7. The average Bonchev–Trinajstić information content (AvgIpc) is 2.83. The highest BCUT2D eigenvalue weighted by atomic mass is 35.5. The maximum atomic E-state index is 12.7. The fourth-order valence-electron chi connectivity index (χ4n) is 1.61. The highest BCUT2D eigenvalue weighted by Crippen LogP contribution is 2.08. The van der Waals surface area contributed by atoms with Crippen molar-refractivity contribution >= 4 is 34.6 Å². The van der Waals surface area contributed by atoms with E-state index in [1.165, 1.54) is 12.1 Å². The van der Waals surface area contributed by atoms with Crippen molar-refractivity contribution in [3.8, 4) is 0 Å². The van der Waals surface area contributed by atoms with Crippen molar-refractivity contribution in [2.24, 2.45) is 0 Å². The van der Waals surface area contributed by atoms with Crippen LogP contribution < -0.4 is 10.6 Å². The fraction of sp³-hybridized carbons (Fsp3) is 0.231. The number of hydrogen-bond acceptors (Lipinski definition) is 2. The summed E-state index contributed by atoms with van der Waals surface area (Å²) in [4.78, 5) is 0. The van der Waals surface area contributed by atoms with Crippen LogP contribution in [0, 0.1) is 5.82 Å². The van der Waals surface area contributed by atoms with Gasteiger partial charge in [-0.15, -0.1) is 0 Å². The molecule has 20 heavy (non-hydrogen) atoms. The number of benzene rings is 1. The van der Waals surface area contributed by atoms with Gasteiger partial charge in [0, 0.05) is 25.0 Å². The summed E-state index contributed by atoms with van der Waals surface area (Å²) in [6, 6.07) is 6.03. The van der Waals surface area contributed by atoms with Crippen molar-refractivity contribution < 1.29 is 4.39 Å². The maximum absolute atomic E-state index is 12.7. The molecule has 106 valence electrons. The summed E-state index contributed by atoms with van der Waals surface area (Å²) in [5.74, 6) is -0.271. The monoisotopic (exact) mass is 312 g/mol. The molecule has 1 aromatic carbocycles. The van der Waals surface area contributed by atoms with E-state index in [4.69, 9.17) is 23.8 Å². The molecule has 1 aromatic heterocycles. The zero-order valence-corrected chi connectivity index (χ0v) is 12.2. The summed E-state index contributed by atoms with van der Waals surface area (Å²) in [6.45, 7) is 1.48. The van der Waals surface area contributed by atoms with Crippen LogP contribution in [0.4, 0.5) is 10.1 Å². The van der Waals surface area contributed by atoms with Crippen molar-refractivity contribution in [1.29, 1.82) is 0 Å². The van der Waals surface area contributed by atoms with Gasteiger partial charge in [-0.05, 0) is 42.9 Å². The Morgan fingerprint density at radius 1 is 1.35 bits per heavy atom. The van der Waals surface area contributed by atoms with Gasteiger partial charge in [0.25, 0.3) is 0 Å². The number of rotatable bonds is 5. The third kappa shape index (κ3) is 4.79. The Balaban J connectivity index is 1.66. The Bertz CT molecular complexity index is 570. The summed E-state index contributed by atoms with van der Waals surface area (Å²) in [5, 5.41) is 11.3. The van der Waals surface area contributed by atoms with E-state index in [9.17, 15) is 4.39 Å². The van der Waals surface area contributed by atoms with Gasteiger partial charge in [0.2, 0.25) is 0 Å². The Labute approximate surface area is 126 Å². The molecular weight excluding hydrogens is 299 g/mol. The van der Waals surface area contributed by atoms with E-state index in [0.717, 1.165) is 18.7 Å². The van der Waals surface area contributed by atoms with E-state index < -0.39 is 0 Å². The molecule has 7 heteroatoms. The lowest BCUT2D eigenvalue weighted by atomic mass is 10.3. The van der Waals surface area contributed by atoms with Gasteiger partial charge >= 0.3 is 0 Å². The second-order valence-electron chi connectivity index (χ2n) is 4.16. The molecule has 0 amide bonds. The average molecular weight is 313 g/mol. The number of nitrogens with one attached hydrogen (secondary N) is 2. The zero-order chi connectivity index (χ0) is 14.4. The van der Waals surface area contributed by atoms with Crippen molar-refractivity contribution in [3.63, 3.8) is 0 Å². The third-order valence-electron chi connectivity index (χ3n) is 2.55. The first-order valence-electron chi connectivity index (χ1n) is 6.12. The van der Waals surface area contributed by atoms with Gasteiger partial charge in [-0.1, -0.05) is 11.6 Å². The number of aromatic nitrogens is 2. The highest BCUT2D eigenvalue weighted by molar-refractivity contribution is 7.80. The number of nitrogens with zero attached hydrogens (tertiary/aromatic N) is 2. The Morgan fingerprint density at radius 3 is 2.75 bits per heavy atom. The summed E-state index contributed by atoms with van der Waals surface area (Å²) in [5.41, 5.74) is 0.753. The van der Waals surface area contributed by atoms with E-state index in [1.807, 2.05) is 0 Å². The summed E-state index contributed by atoms with van der Waals surface area (Å²) >= 11 is 10.9. The number of thiocarbonyl (C=S) groups is 1. The molecular formula is C13H14ClFN4S. The van der Waals surface area contributed by atoms with E-state index in [-0.39, 0.29) is 5.82 Å². The minimum atomic E-state index is -0.271. The second kappa shape index (κ2) is 7.21. The van der Waals surface area contributed by atoms with Crippen LogP contribution in [-0.2, 0) is 6.54 Å². The van der Waals surface area contributed by atoms with Gasteiger partial charge < -0.3 is 10.6 Å². The number of aryl methyl sites for hydroxylation is 1. The molecule has 0 saturated carbocycles. The van der Waals surface area contributed by atoms with Crippen molar-refractivity contribution in [2.45, 2.75) is 13.0 Å². The Morgan fingerprint density at radius 2 is 2.10 bits per heavy atom. The molecule has 0 unspecified atom stereocenters. The predicted octanol–water partition coefficient (Wildman–Crippen LogP) is 3.05. The predicted molar refractivity (Wildman–Crippen MR) is 82.5 cm³/mol. The lowest BCUT2D eigenvalue weighted by molar-refractivity contribution is 0.574. The molecule has 1 heterocycles. The van der Waals surface area contributed by atoms with E-state index in [1.54, 1.807) is 29.2 Å². The number of halogens is 2. The molecule has 0 aliphatic carbocycles. The van der Waals surface area contributed by atoms with Crippen LogP contribution in [0.3, 0.4) is 0 Å². The van der Waals surface area contributed by atoms with Crippen LogP contribution in [0.5, 0.6) is 0 Å². The van der Waals surface area contributed by atoms with E-state index >= 15 is 0 Å². The maximum Gasteiger partial charge on any atom is 0.170 e. The fourth-order valence-corrected chi connectivity index (χ4v) is 1.99. The molecule has 2 N–H and O–H groups in total. The SMILES string of the molecule is Fc1ccc(NC(=S)NCCCn2cc(Cl)cn2)cc1. The highest BCUT2D eigenvalue weighted by Gasteiger charge is 1.99. The molecule has 0 radical (unpaired) electrons. The van der Waals surface area contributed by atoms with Gasteiger partial charge in [-0.25, -0.2) is 4.39 Å². The number of hydrogen-bond donors (Lipinski definition) is 2. The summed E-state index contributed by atoms with van der Waals surface area (Å²) in [7, 11) is 0. The summed E-state index contributed by atoms with van der Waals surface area (Å²) < 4.78 is 14.5. The van der Waals surface area contributed by atoms with Gasteiger partial charge in [0.15, 0.2) is 5.11 Å². The topological polar surface area (TPSA) is 41.9 Å². The van der Waals surface area contributed by atoms with Gasteiger partial charge in [0.1, 0.15) is 5.82 Å². The van der Waals surface area contributed by atoms with Crippen LogP contribution in [0.2, 0.25) is 5.02 Å². The molecule has 0 atom stereocenters. The van der Waals surface area contributed by atoms with Crippen LogP contribution in [-0.4, -0.2) is 21.4 Å². The molecule has 0 aliphatic heterocycles. The van der Waals surface area contributed by atoms with Crippen LogP contribution in [0.15, 0.2) is 36.7 Å². The smallest absolute Gasteiger partial charge is 0.170 e. The molecule has 2 rings (SSSR count). The lowest BCUT2D eigenvalue weighted by Gasteiger charge is -2.10. The molecule has 0 bridgehead atoms. The van der Waals surface area contributed by atoms with Gasteiger partial charge in [-0.2, -0.15) is 5.10 Å². The van der Waals surface area contributed by atoms with Gasteiger partial charge in [0.05, 0.1) is 11.2 Å². The molecule has 4 nitrogen and oxygen atoms in total.